The van der Waals surface area contributed by atoms with E-state index in [1.54, 1.807) is 14.2 Å². The summed E-state index contributed by atoms with van der Waals surface area (Å²) in [6.45, 7) is 6.29. The largest absolute Gasteiger partial charge is 0.493 e. The first kappa shape index (κ1) is 14.9. The molecule has 1 heterocycles. The number of ether oxygens (including phenoxy) is 2. The van der Waals surface area contributed by atoms with E-state index in [0.29, 0.717) is 11.5 Å². The Morgan fingerprint density at radius 1 is 1.05 bits per heavy atom. The van der Waals surface area contributed by atoms with Crippen molar-refractivity contribution in [2.45, 2.75) is 26.3 Å². The maximum atomic E-state index is 5.32. The summed E-state index contributed by atoms with van der Waals surface area (Å²) in [5.41, 5.74) is 0.803. The molecule has 0 spiro atoms. The molecular weight excluding hydrogens is 320 g/mol. The van der Waals surface area contributed by atoms with Gasteiger partial charge in [0.15, 0.2) is 11.5 Å². The summed E-state index contributed by atoms with van der Waals surface area (Å²) in [6, 6.07) is 5.83. The minimum Gasteiger partial charge on any atom is -0.493 e. The summed E-state index contributed by atoms with van der Waals surface area (Å²) in [5.74, 6) is 2.19. The minimum absolute atomic E-state index is 0.0558. The molecule has 4 nitrogen and oxygen atoms in total. The highest BCUT2D eigenvalue weighted by Crippen LogP contribution is 2.34. The molecule has 1 N–H and O–H groups in total. The van der Waals surface area contributed by atoms with Gasteiger partial charge in [0.2, 0.25) is 0 Å². The van der Waals surface area contributed by atoms with Gasteiger partial charge in [0.1, 0.15) is 5.82 Å². The van der Waals surface area contributed by atoms with Crippen molar-refractivity contribution in [2.75, 3.05) is 19.5 Å². The Kier molecular flexibility index (Phi) is 4.09. The Bertz CT molecular complexity index is 636. The first-order valence-electron chi connectivity index (χ1n) is 6.34. The van der Waals surface area contributed by atoms with Gasteiger partial charge >= 0.3 is 0 Å². The molecule has 0 aliphatic rings. The predicted molar refractivity (Wildman–Crippen MR) is 85.9 cm³/mol. The number of rotatable bonds is 3. The van der Waals surface area contributed by atoms with Crippen LogP contribution in [0.4, 0.5) is 5.82 Å². The quantitative estimate of drug-likeness (QED) is 0.909. The number of pyridine rings is 1. The summed E-state index contributed by atoms with van der Waals surface area (Å²) in [5, 5.41) is 4.37. The maximum Gasteiger partial charge on any atom is 0.162 e. The van der Waals surface area contributed by atoms with Crippen LogP contribution in [0.3, 0.4) is 0 Å². The molecule has 0 aliphatic heterocycles. The van der Waals surface area contributed by atoms with Crippen LogP contribution in [0.2, 0.25) is 0 Å². The van der Waals surface area contributed by atoms with Gasteiger partial charge in [-0.3, -0.25) is 0 Å². The number of fused-ring (bicyclic) bond motifs is 1. The minimum atomic E-state index is -0.0558. The number of hydrogen-bond acceptors (Lipinski definition) is 4. The Balaban J connectivity index is 2.57. The highest BCUT2D eigenvalue weighted by atomic mass is 79.9. The lowest BCUT2D eigenvalue weighted by atomic mass is 10.1. The zero-order valence-electron chi connectivity index (χ0n) is 12.4. The van der Waals surface area contributed by atoms with E-state index in [1.165, 1.54) is 0 Å². The van der Waals surface area contributed by atoms with Crippen molar-refractivity contribution in [1.29, 1.82) is 0 Å². The van der Waals surface area contributed by atoms with Crippen LogP contribution in [-0.4, -0.2) is 24.7 Å². The average molecular weight is 339 g/mol. The van der Waals surface area contributed by atoms with Crippen LogP contribution in [-0.2, 0) is 0 Å². The van der Waals surface area contributed by atoms with Gasteiger partial charge in [-0.2, -0.15) is 0 Å². The Morgan fingerprint density at radius 2 is 1.65 bits per heavy atom. The molecule has 0 saturated carbocycles. The van der Waals surface area contributed by atoms with E-state index < -0.39 is 0 Å². The van der Waals surface area contributed by atoms with E-state index in [2.05, 4.69) is 47.0 Å². The standard InChI is InChI=1S/C15H19BrN2O2/c1-15(2,3)18-14-10(16)6-9-7-12(19-4)13(20-5)8-11(9)17-14/h6-8H,1-5H3,(H,17,18). The van der Waals surface area contributed by atoms with E-state index in [4.69, 9.17) is 9.47 Å². The summed E-state index contributed by atoms with van der Waals surface area (Å²) >= 11 is 3.56. The lowest BCUT2D eigenvalue weighted by Gasteiger charge is -2.22. The van der Waals surface area contributed by atoms with Crippen LogP contribution in [0, 0.1) is 0 Å². The fraction of sp³-hybridized carbons (Fsp3) is 0.400. The number of aromatic nitrogens is 1. The predicted octanol–water partition coefficient (Wildman–Crippen LogP) is 4.22. The fourth-order valence-corrected chi connectivity index (χ4v) is 2.35. The zero-order chi connectivity index (χ0) is 14.9. The van der Waals surface area contributed by atoms with E-state index in [1.807, 2.05) is 18.2 Å². The van der Waals surface area contributed by atoms with Crippen LogP contribution in [0.15, 0.2) is 22.7 Å². The van der Waals surface area contributed by atoms with E-state index in [9.17, 15) is 0 Å². The number of benzene rings is 1. The molecule has 0 bridgehead atoms. The molecular formula is C15H19BrN2O2. The number of nitrogens with zero attached hydrogens (tertiary/aromatic N) is 1. The van der Waals surface area contributed by atoms with Crippen LogP contribution >= 0.6 is 15.9 Å². The smallest absolute Gasteiger partial charge is 0.162 e. The molecule has 0 aliphatic carbocycles. The fourth-order valence-electron chi connectivity index (χ4n) is 1.92. The summed E-state index contributed by atoms with van der Waals surface area (Å²) in [6.07, 6.45) is 0. The van der Waals surface area contributed by atoms with Crippen molar-refractivity contribution in [3.05, 3.63) is 22.7 Å². The van der Waals surface area contributed by atoms with Gasteiger partial charge in [0.25, 0.3) is 0 Å². The van der Waals surface area contributed by atoms with Crippen molar-refractivity contribution < 1.29 is 9.47 Å². The SMILES string of the molecule is COc1cc2cc(Br)c(NC(C)(C)C)nc2cc1OC. The Labute approximate surface area is 127 Å². The monoisotopic (exact) mass is 338 g/mol. The zero-order valence-corrected chi connectivity index (χ0v) is 14.0. The second-order valence-corrected chi connectivity index (χ2v) is 6.45. The van der Waals surface area contributed by atoms with Gasteiger partial charge in [-0.15, -0.1) is 0 Å². The molecule has 0 fully saturated rings. The molecule has 0 saturated heterocycles. The summed E-state index contributed by atoms with van der Waals surface area (Å²) in [7, 11) is 3.25. The van der Waals surface area contributed by atoms with Gasteiger partial charge in [0.05, 0.1) is 24.2 Å². The topological polar surface area (TPSA) is 43.4 Å². The van der Waals surface area contributed by atoms with Crippen LogP contribution < -0.4 is 14.8 Å². The van der Waals surface area contributed by atoms with Gasteiger partial charge in [-0.05, 0) is 48.8 Å². The third kappa shape index (κ3) is 3.15. The lowest BCUT2D eigenvalue weighted by molar-refractivity contribution is 0.356. The number of nitrogens with one attached hydrogen (secondary N) is 1. The highest BCUT2D eigenvalue weighted by molar-refractivity contribution is 9.10. The molecule has 2 rings (SSSR count). The molecule has 1 aromatic heterocycles. The van der Waals surface area contributed by atoms with Gasteiger partial charge in [-0.25, -0.2) is 4.98 Å². The Hall–Kier alpha value is -1.49. The molecule has 0 amide bonds. The van der Waals surface area contributed by atoms with Crippen LogP contribution in [0.1, 0.15) is 20.8 Å². The van der Waals surface area contributed by atoms with Crippen LogP contribution in [0.5, 0.6) is 11.5 Å². The molecule has 0 unspecified atom stereocenters. The maximum absolute atomic E-state index is 5.32. The number of hydrogen-bond donors (Lipinski definition) is 1. The van der Waals surface area contributed by atoms with Crippen molar-refractivity contribution in [2.24, 2.45) is 0 Å². The normalized spacial score (nSPS) is 11.5. The second-order valence-electron chi connectivity index (χ2n) is 5.59. The van der Waals surface area contributed by atoms with E-state index in [-0.39, 0.29) is 5.54 Å². The highest BCUT2D eigenvalue weighted by Gasteiger charge is 2.15. The van der Waals surface area contributed by atoms with E-state index in [0.717, 1.165) is 21.2 Å². The molecule has 1 aromatic carbocycles. The number of anilines is 1. The van der Waals surface area contributed by atoms with Crippen molar-refractivity contribution in [1.82, 2.24) is 4.98 Å². The van der Waals surface area contributed by atoms with Crippen molar-refractivity contribution in [3.8, 4) is 11.5 Å². The Morgan fingerprint density at radius 3 is 2.20 bits per heavy atom. The van der Waals surface area contributed by atoms with Gasteiger partial charge in [-0.1, -0.05) is 0 Å². The summed E-state index contributed by atoms with van der Waals surface area (Å²) < 4.78 is 11.6. The molecule has 20 heavy (non-hydrogen) atoms. The first-order chi connectivity index (χ1) is 9.34. The van der Waals surface area contributed by atoms with Gasteiger partial charge < -0.3 is 14.8 Å². The number of methoxy groups -OCH3 is 2. The molecule has 2 aromatic rings. The lowest BCUT2D eigenvalue weighted by Crippen LogP contribution is -2.26. The van der Waals surface area contributed by atoms with Crippen LogP contribution in [0.25, 0.3) is 10.9 Å². The van der Waals surface area contributed by atoms with Crippen molar-refractivity contribution in [3.63, 3.8) is 0 Å². The third-order valence-electron chi connectivity index (χ3n) is 2.77. The third-order valence-corrected chi connectivity index (χ3v) is 3.37. The second kappa shape index (κ2) is 5.48. The summed E-state index contributed by atoms with van der Waals surface area (Å²) in [4.78, 5) is 4.65. The number of halogens is 1. The first-order valence-corrected chi connectivity index (χ1v) is 7.14. The van der Waals surface area contributed by atoms with Crippen molar-refractivity contribution >= 4 is 32.7 Å². The molecule has 0 atom stereocenters. The molecule has 0 radical (unpaired) electrons. The van der Waals surface area contributed by atoms with Gasteiger partial charge in [0, 0.05) is 17.0 Å². The molecule has 108 valence electrons. The van der Waals surface area contributed by atoms with E-state index >= 15 is 0 Å². The molecule has 5 heteroatoms. The average Bonchev–Trinajstić information content (AvgIpc) is 2.36.